The van der Waals surface area contributed by atoms with Gasteiger partial charge >= 0.3 is 0 Å². The van der Waals surface area contributed by atoms with Crippen LogP contribution in [-0.2, 0) is 0 Å². The van der Waals surface area contributed by atoms with Crippen molar-refractivity contribution in [1.82, 2.24) is 25.5 Å². The van der Waals surface area contributed by atoms with E-state index in [1.165, 1.54) is 6.20 Å². The zero-order valence-electron chi connectivity index (χ0n) is 12.9. The molecular formula is C14H19N7O. The van der Waals surface area contributed by atoms with Crippen LogP contribution in [0.15, 0.2) is 24.7 Å². The standard InChI is InChI=1S/C14H19N7O/c1-10-7-18-12(9-17-10)14(22)16-5-4-15-13-6-11(21(2)3)8-19-20-13/h6-9H,4-5H2,1-3H3,(H,15,20)(H,16,22). The van der Waals surface area contributed by atoms with Crippen LogP contribution in [0, 0.1) is 6.92 Å². The summed E-state index contributed by atoms with van der Waals surface area (Å²) in [7, 11) is 3.87. The average Bonchev–Trinajstić information content (AvgIpc) is 2.52. The maximum atomic E-state index is 11.8. The number of anilines is 2. The molecule has 0 saturated carbocycles. The Morgan fingerprint density at radius 1 is 1.18 bits per heavy atom. The van der Waals surface area contributed by atoms with Crippen LogP contribution in [0.25, 0.3) is 0 Å². The van der Waals surface area contributed by atoms with Crippen LogP contribution in [0.4, 0.5) is 11.5 Å². The van der Waals surface area contributed by atoms with E-state index >= 15 is 0 Å². The average molecular weight is 301 g/mol. The fourth-order valence-electron chi connectivity index (χ4n) is 1.65. The Balaban J connectivity index is 1.78. The summed E-state index contributed by atoms with van der Waals surface area (Å²) in [5.41, 5.74) is 2.04. The number of amides is 1. The number of hydrogen-bond donors (Lipinski definition) is 2. The fourth-order valence-corrected chi connectivity index (χ4v) is 1.65. The number of carbonyl (C=O) groups excluding carboxylic acids is 1. The van der Waals surface area contributed by atoms with E-state index < -0.39 is 0 Å². The third-order valence-corrected chi connectivity index (χ3v) is 2.89. The molecule has 1 amide bonds. The molecule has 8 heteroatoms. The Labute approximate surface area is 129 Å². The molecule has 0 radical (unpaired) electrons. The molecule has 2 aromatic rings. The van der Waals surface area contributed by atoms with Crippen molar-refractivity contribution in [3.63, 3.8) is 0 Å². The molecule has 0 unspecified atom stereocenters. The van der Waals surface area contributed by atoms with Crippen molar-refractivity contribution in [2.45, 2.75) is 6.92 Å². The van der Waals surface area contributed by atoms with Gasteiger partial charge in [-0.25, -0.2) is 4.98 Å². The third kappa shape index (κ3) is 4.37. The first kappa shape index (κ1) is 15.6. The number of carbonyl (C=O) groups is 1. The minimum atomic E-state index is -0.248. The lowest BCUT2D eigenvalue weighted by Gasteiger charge is -2.12. The summed E-state index contributed by atoms with van der Waals surface area (Å²) in [6, 6.07) is 1.89. The van der Waals surface area contributed by atoms with Gasteiger partial charge in [0, 0.05) is 39.4 Å². The largest absolute Gasteiger partial charge is 0.376 e. The highest BCUT2D eigenvalue weighted by Crippen LogP contribution is 2.12. The normalized spacial score (nSPS) is 10.1. The number of aryl methyl sites for hydroxylation is 1. The van der Waals surface area contributed by atoms with E-state index in [1.54, 1.807) is 12.4 Å². The molecular weight excluding hydrogens is 282 g/mol. The summed E-state index contributed by atoms with van der Waals surface area (Å²) in [6.45, 7) is 2.81. The Bertz CT molecular complexity index is 627. The minimum absolute atomic E-state index is 0.248. The molecule has 0 saturated heterocycles. The topological polar surface area (TPSA) is 95.9 Å². The number of rotatable bonds is 6. The highest BCUT2D eigenvalue weighted by atomic mass is 16.1. The van der Waals surface area contributed by atoms with Crippen LogP contribution < -0.4 is 15.5 Å². The van der Waals surface area contributed by atoms with E-state index in [0.717, 1.165) is 11.4 Å². The van der Waals surface area contributed by atoms with Crippen molar-refractivity contribution in [1.29, 1.82) is 0 Å². The fraction of sp³-hybridized carbons (Fsp3) is 0.357. The summed E-state index contributed by atoms with van der Waals surface area (Å²) in [4.78, 5) is 21.8. The molecule has 2 aromatic heterocycles. The van der Waals surface area contributed by atoms with Gasteiger partial charge in [0.1, 0.15) is 5.69 Å². The second kappa shape index (κ2) is 7.30. The molecule has 0 spiro atoms. The second-order valence-corrected chi connectivity index (χ2v) is 4.92. The Morgan fingerprint density at radius 3 is 2.68 bits per heavy atom. The highest BCUT2D eigenvalue weighted by Gasteiger charge is 2.06. The predicted octanol–water partition coefficient (Wildman–Crippen LogP) is 0.483. The summed E-state index contributed by atoms with van der Waals surface area (Å²) in [5, 5.41) is 13.8. The van der Waals surface area contributed by atoms with Crippen molar-refractivity contribution in [2.24, 2.45) is 0 Å². The molecule has 0 atom stereocenters. The molecule has 116 valence electrons. The molecule has 0 aromatic carbocycles. The quantitative estimate of drug-likeness (QED) is 0.749. The van der Waals surface area contributed by atoms with Gasteiger partial charge in [0.05, 0.1) is 23.8 Å². The summed E-state index contributed by atoms with van der Waals surface area (Å²) in [6.07, 6.45) is 4.71. The van der Waals surface area contributed by atoms with Gasteiger partial charge in [-0.2, -0.15) is 5.10 Å². The Hall–Kier alpha value is -2.77. The van der Waals surface area contributed by atoms with E-state index in [9.17, 15) is 4.79 Å². The van der Waals surface area contributed by atoms with Crippen LogP contribution in [0.1, 0.15) is 16.2 Å². The Morgan fingerprint density at radius 2 is 2.00 bits per heavy atom. The van der Waals surface area contributed by atoms with E-state index in [1.807, 2.05) is 32.0 Å². The van der Waals surface area contributed by atoms with Crippen LogP contribution in [0.2, 0.25) is 0 Å². The van der Waals surface area contributed by atoms with Crippen LogP contribution >= 0.6 is 0 Å². The van der Waals surface area contributed by atoms with Gasteiger partial charge < -0.3 is 15.5 Å². The highest BCUT2D eigenvalue weighted by molar-refractivity contribution is 5.91. The summed E-state index contributed by atoms with van der Waals surface area (Å²) < 4.78 is 0. The third-order valence-electron chi connectivity index (χ3n) is 2.89. The lowest BCUT2D eigenvalue weighted by Crippen LogP contribution is -2.29. The first-order valence-electron chi connectivity index (χ1n) is 6.87. The second-order valence-electron chi connectivity index (χ2n) is 4.92. The number of nitrogens with one attached hydrogen (secondary N) is 2. The van der Waals surface area contributed by atoms with Crippen LogP contribution in [0.5, 0.6) is 0 Å². The smallest absolute Gasteiger partial charge is 0.271 e. The van der Waals surface area contributed by atoms with Crippen molar-refractivity contribution < 1.29 is 4.79 Å². The molecule has 0 bridgehead atoms. The molecule has 8 nitrogen and oxygen atoms in total. The van der Waals surface area contributed by atoms with Gasteiger partial charge in [-0.05, 0) is 6.92 Å². The monoisotopic (exact) mass is 301 g/mol. The van der Waals surface area contributed by atoms with E-state index in [2.05, 4.69) is 30.8 Å². The van der Waals surface area contributed by atoms with E-state index in [0.29, 0.717) is 24.6 Å². The first-order chi connectivity index (χ1) is 10.6. The van der Waals surface area contributed by atoms with Crippen molar-refractivity contribution in [2.75, 3.05) is 37.4 Å². The van der Waals surface area contributed by atoms with E-state index in [4.69, 9.17) is 0 Å². The van der Waals surface area contributed by atoms with Gasteiger partial charge in [0.25, 0.3) is 5.91 Å². The van der Waals surface area contributed by atoms with Gasteiger partial charge in [-0.15, -0.1) is 5.10 Å². The minimum Gasteiger partial charge on any atom is -0.376 e. The van der Waals surface area contributed by atoms with Crippen molar-refractivity contribution in [3.8, 4) is 0 Å². The zero-order valence-corrected chi connectivity index (χ0v) is 12.9. The maximum Gasteiger partial charge on any atom is 0.271 e. The van der Waals surface area contributed by atoms with Crippen molar-refractivity contribution >= 4 is 17.4 Å². The Kier molecular flexibility index (Phi) is 5.18. The van der Waals surface area contributed by atoms with Gasteiger partial charge in [-0.3, -0.25) is 9.78 Å². The maximum absolute atomic E-state index is 11.8. The number of aromatic nitrogens is 4. The molecule has 2 N–H and O–H groups in total. The SMILES string of the molecule is Cc1cnc(C(=O)NCCNc2cc(N(C)C)cnn2)cn1. The van der Waals surface area contributed by atoms with E-state index in [-0.39, 0.29) is 5.91 Å². The molecule has 2 heterocycles. The molecule has 0 fully saturated rings. The molecule has 2 rings (SSSR count). The number of nitrogens with zero attached hydrogens (tertiary/aromatic N) is 5. The molecule has 0 aliphatic heterocycles. The molecule has 22 heavy (non-hydrogen) atoms. The molecule has 0 aliphatic carbocycles. The summed E-state index contributed by atoms with van der Waals surface area (Å²) >= 11 is 0. The molecule has 0 aliphatic rings. The van der Waals surface area contributed by atoms with Gasteiger partial charge in [-0.1, -0.05) is 0 Å². The first-order valence-corrected chi connectivity index (χ1v) is 6.87. The predicted molar refractivity (Wildman–Crippen MR) is 84.0 cm³/mol. The van der Waals surface area contributed by atoms with Gasteiger partial charge in [0.15, 0.2) is 5.82 Å². The van der Waals surface area contributed by atoms with Crippen molar-refractivity contribution in [3.05, 3.63) is 36.0 Å². The van der Waals surface area contributed by atoms with Crippen LogP contribution in [-0.4, -0.2) is 53.3 Å². The zero-order chi connectivity index (χ0) is 15.9. The van der Waals surface area contributed by atoms with Crippen LogP contribution in [0.3, 0.4) is 0 Å². The van der Waals surface area contributed by atoms with Gasteiger partial charge in [0.2, 0.25) is 0 Å². The lowest BCUT2D eigenvalue weighted by molar-refractivity contribution is 0.0950. The lowest BCUT2D eigenvalue weighted by atomic mass is 10.4. The number of hydrogen-bond acceptors (Lipinski definition) is 7. The summed E-state index contributed by atoms with van der Waals surface area (Å²) in [5.74, 6) is 0.415.